The van der Waals surface area contributed by atoms with E-state index in [4.69, 9.17) is 14.6 Å². The molecule has 0 radical (unpaired) electrons. The Bertz CT molecular complexity index is 1140. The normalized spacial score (nSPS) is 17.4. The molecule has 0 fully saturated rings. The predicted octanol–water partition coefficient (Wildman–Crippen LogP) is 1.40. The molecule has 0 saturated carbocycles. The zero-order chi connectivity index (χ0) is 26.7. The molecule has 1 amide bonds. The standard InChI is InChI=1S/C26H36N4O6S/c1-30(2)16-6-15-27-29-25(32)26(14-19-37(33,34)23-8-4-3-5-9-23)20-36-24(28-26)21-10-12-22(13-11-21)35-18-7-17-31/h3-5,8-13,27,31H,6-7,14-20H2,1-2H3,(H,29,32)/t26-/m0/s1. The lowest BCUT2D eigenvalue weighted by atomic mass is 9.98. The van der Waals surface area contributed by atoms with Crippen molar-refractivity contribution in [2.24, 2.45) is 4.99 Å². The van der Waals surface area contributed by atoms with Crippen molar-refractivity contribution in [2.45, 2.75) is 29.7 Å². The Morgan fingerprint density at radius 3 is 2.54 bits per heavy atom. The van der Waals surface area contributed by atoms with Crippen LogP contribution in [0.5, 0.6) is 5.75 Å². The van der Waals surface area contributed by atoms with Crippen LogP contribution in [0, 0.1) is 0 Å². The van der Waals surface area contributed by atoms with Gasteiger partial charge in [-0.25, -0.2) is 18.8 Å². The van der Waals surface area contributed by atoms with E-state index in [2.05, 4.69) is 15.8 Å². The van der Waals surface area contributed by atoms with Gasteiger partial charge in [-0.05, 0) is 69.9 Å². The number of aliphatic hydroxyl groups excluding tert-OH is 1. The summed E-state index contributed by atoms with van der Waals surface area (Å²) in [4.78, 5) is 20.2. The third kappa shape index (κ3) is 8.26. The SMILES string of the molecule is CN(C)CCCNNC(=O)[C@]1(CCS(=O)(=O)c2ccccc2)COC(c2ccc(OCCCO)cc2)=N1. The van der Waals surface area contributed by atoms with Crippen LogP contribution in [0.15, 0.2) is 64.5 Å². The average molecular weight is 533 g/mol. The van der Waals surface area contributed by atoms with Crippen molar-refractivity contribution >= 4 is 21.6 Å². The van der Waals surface area contributed by atoms with Crippen molar-refractivity contribution in [3.63, 3.8) is 0 Å². The van der Waals surface area contributed by atoms with Gasteiger partial charge in [0.05, 0.1) is 17.3 Å². The van der Waals surface area contributed by atoms with Gasteiger partial charge in [-0.15, -0.1) is 0 Å². The molecular formula is C26H36N4O6S. The zero-order valence-electron chi connectivity index (χ0n) is 21.4. The van der Waals surface area contributed by atoms with Gasteiger partial charge in [0.15, 0.2) is 15.4 Å². The number of hydrogen-bond donors (Lipinski definition) is 3. The highest BCUT2D eigenvalue weighted by Gasteiger charge is 2.45. The van der Waals surface area contributed by atoms with E-state index in [1.54, 1.807) is 54.6 Å². The third-order valence-corrected chi connectivity index (χ3v) is 7.59. The van der Waals surface area contributed by atoms with Crippen molar-refractivity contribution in [1.29, 1.82) is 0 Å². The van der Waals surface area contributed by atoms with Crippen LogP contribution in [0.1, 0.15) is 24.8 Å². The molecule has 0 aliphatic carbocycles. The molecule has 3 N–H and O–H groups in total. The molecule has 37 heavy (non-hydrogen) atoms. The number of nitrogens with zero attached hydrogens (tertiary/aromatic N) is 2. The van der Waals surface area contributed by atoms with Gasteiger partial charge in [0, 0.05) is 25.1 Å². The summed E-state index contributed by atoms with van der Waals surface area (Å²) in [6.45, 7) is 1.78. The molecule has 0 aromatic heterocycles. The number of amides is 1. The second kappa shape index (κ2) is 13.5. The van der Waals surface area contributed by atoms with Gasteiger partial charge in [-0.3, -0.25) is 10.2 Å². The summed E-state index contributed by atoms with van der Waals surface area (Å²) < 4.78 is 37.3. The lowest BCUT2D eigenvalue weighted by Crippen LogP contribution is -2.52. The number of benzene rings is 2. The fourth-order valence-corrected chi connectivity index (χ4v) is 5.11. The third-order valence-electron chi connectivity index (χ3n) is 5.85. The first kappa shape index (κ1) is 28.6. The molecular weight excluding hydrogens is 496 g/mol. The maximum absolute atomic E-state index is 13.3. The van der Waals surface area contributed by atoms with E-state index in [-0.39, 0.29) is 36.2 Å². The molecule has 1 aliphatic rings. The monoisotopic (exact) mass is 532 g/mol. The molecule has 0 bridgehead atoms. The Morgan fingerprint density at radius 1 is 1.14 bits per heavy atom. The van der Waals surface area contributed by atoms with Crippen LogP contribution >= 0.6 is 0 Å². The lowest BCUT2D eigenvalue weighted by molar-refractivity contribution is -0.127. The van der Waals surface area contributed by atoms with Crippen molar-refractivity contribution in [3.8, 4) is 5.75 Å². The van der Waals surface area contributed by atoms with Gasteiger partial charge in [0.1, 0.15) is 12.4 Å². The Hall–Kier alpha value is -2.99. The largest absolute Gasteiger partial charge is 0.494 e. The predicted molar refractivity (Wildman–Crippen MR) is 141 cm³/mol. The van der Waals surface area contributed by atoms with Crippen LogP contribution in [0.3, 0.4) is 0 Å². The Labute approximate surface area is 218 Å². The van der Waals surface area contributed by atoms with Crippen LogP contribution in [-0.4, -0.2) is 88.5 Å². The molecule has 2 aromatic carbocycles. The summed E-state index contributed by atoms with van der Waals surface area (Å²) in [7, 11) is 0.324. The van der Waals surface area contributed by atoms with Crippen LogP contribution in [0.25, 0.3) is 0 Å². The highest BCUT2D eigenvalue weighted by Crippen LogP contribution is 2.28. The van der Waals surface area contributed by atoms with Gasteiger partial charge in [-0.2, -0.15) is 0 Å². The number of rotatable bonds is 15. The van der Waals surface area contributed by atoms with Crippen LogP contribution in [-0.2, 0) is 19.4 Å². The Balaban J connectivity index is 1.75. The number of nitrogens with one attached hydrogen (secondary N) is 2. The first-order valence-corrected chi connectivity index (χ1v) is 13.9. The van der Waals surface area contributed by atoms with Crippen LogP contribution in [0.2, 0.25) is 0 Å². The minimum Gasteiger partial charge on any atom is -0.494 e. The van der Waals surface area contributed by atoms with Gasteiger partial charge in [0.2, 0.25) is 5.90 Å². The van der Waals surface area contributed by atoms with E-state index in [1.807, 2.05) is 19.0 Å². The number of hydrazine groups is 1. The quantitative estimate of drug-likeness (QED) is 0.232. The Morgan fingerprint density at radius 2 is 1.86 bits per heavy atom. The zero-order valence-corrected chi connectivity index (χ0v) is 22.2. The van der Waals surface area contributed by atoms with E-state index in [0.29, 0.717) is 30.9 Å². The van der Waals surface area contributed by atoms with Crippen molar-refractivity contribution < 1.29 is 27.8 Å². The number of sulfone groups is 1. The molecule has 1 heterocycles. The number of aliphatic hydroxyl groups is 1. The number of carbonyl (C=O) groups excluding carboxylic acids is 1. The lowest BCUT2D eigenvalue weighted by Gasteiger charge is -2.23. The summed E-state index contributed by atoms with van der Waals surface area (Å²) >= 11 is 0. The number of aliphatic imine (C=N–C) groups is 1. The van der Waals surface area contributed by atoms with Crippen molar-refractivity contribution in [3.05, 3.63) is 60.2 Å². The fourth-order valence-electron chi connectivity index (χ4n) is 3.69. The molecule has 2 aromatic rings. The molecule has 202 valence electrons. The number of carbonyl (C=O) groups is 1. The van der Waals surface area contributed by atoms with Crippen molar-refractivity contribution in [1.82, 2.24) is 15.8 Å². The number of ether oxygens (including phenoxy) is 2. The molecule has 3 rings (SSSR count). The van der Waals surface area contributed by atoms with E-state index >= 15 is 0 Å². The van der Waals surface area contributed by atoms with Gasteiger partial charge in [0.25, 0.3) is 5.91 Å². The minimum absolute atomic E-state index is 0.0404. The topological polar surface area (TPSA) is 130 Å². The number of hydrogen-bond acceptors (Lipinski definition) is 9. The van der Waals surface area contributed by atoms with Gasteiger partial charge >= 0.3 is 0 Å². The summed E-state index contributed by atoms with van der Waals surface area (Å²) in [5.41, 5.74) is 4.86. The first-order chi connectivity index (χ1) is 17.8. The van der Waals surface area contributed by atoms with Gasteiger partial charge < -0.3 is 19.5 Å². The maximum Gasteiger partial charge on any atom is 0.265 e. The molecule has 11 heteroatoms. The van der Waals surface area contributed by atoms with E-state index < -0.39 is 21.3 Å². The molecule has 0 spiro atoms. The fraction of sp³-hybridized carbons (Fsp3) is 0.462. The van der Waals surface area contributed by atoms with Crippen LogP contribution in [0.4, 0.5) is 0 Å². The highest BCUT2D eigenvalue weighted by atomic mass is 32.2. The van der Waals surface area contributed by atoms with Crippen molar-refractivity contribution in [2.75, 3.05) is 52.8 Å². The summed E-state index contributed by atoms with van der Waals surface area (Å²) in [6, 6.07) is 15.2. The second-order valence-corrected chi connectivity index (χ2v) is 11.2. The van der Waals surface area contributed by atoms with E-state index in [0.717, 1.165) is 13.0 Å². The first-order valence-electron chi connectivity index (χ1n) is 12.3. The molecule has 1 aliphatic heterocycles. The average Bonchev–Trinajstić information content (AvgIpc) is 3.34. The molecule has 1 atom stereocenters. The summed E-state index contributed by atoms with van der Waals surface area (Å²) in [5.74, 6) is 0.195. The highest BCUT2D eigenvalue weighted by molar-refractivity contribution is 7.91. The Kier molecular flexibility index (Phi) is 10.4. The second-order valence-electron chi connectivity index (χ2n) is 9.11. The summed E-state index contributed by atoms with van der Waals surface area (Å²) in [6.07, 6.45) is 1.31. The van der Waals surface area contributed by atoms with Gasteiger partial charge in [-0.1, -0.05) is 18.2 Å². The van der Waals surface area contributed by atoms with E-state index in [9.17, 15) is 13.2 Å². The smallest absolute Gasteiger partial charge is 0.265 e. The van der Waals surface area contributed by atoms with E-state index in [1.165, 1.54) is 0 Å². The summed E-state index contributed by atoms with van der Waals surface area (Å²) in [5, 5.41) is 8.90. The molecule has 10 nitrogen and oxygen atoms in total. The molecule has 0 unspecified atom stereocenters. The molecule has 0 saturated heterocycles. The maximum atomic E-state index is 13.3. The minimum atomic E-state index is -3.62. The van der Waals surface area contributed by atoms with Crippen LogP contribution < -0.4 is 15.6 Å².